The molecule has 3 aromatic rings. The number of aliphatic hydroxyl groups excluding tert-OH is 3. The molecule has 8 rings (SSSR count). The highest BCUT2D eigenvalue weighted by molar-refractivity contribution is 8.77. The number of phenols is 3. The van der Waals surface area contributed by atoms with Crippen LogP contribution >= 0.6 is 21.6 Å². The van der Waals surface area contributed by atoms with Gasteiger partial charge in [-0.25, -0.2) is 0 Å². The Hall–Kier alpha value is -3.16. The Morgan fingerprint density at radius 2 is 1.67 bits per heavy atom. The molecule has 0 aromatic heterocycles. The molecule has 3 aliphatic carbocycles. The molecule has 2 fully saturated rings. The number of methoxy groups -OCH3 is 2. The minimum absolute atomic E-state index is 0.0226. The van der Waals surface area contributed by atoms with Crippen LogP contribution in [0.1, 0.15) is 91.1 Å². The van der Waals surface area contributed by atoms with Crippen LogP contribution in [0.25, 0.3) is 11.1 Å². The summed E-state index contributed by atoms with van der Waals surface area (Å²) in [6, 6.07) is 8.73. The zero-order valence-corrected chi connectivity index (χ0v) is 30.4. The van der Waals surface area contributed by atoms with Gasteiger partial charge in [-0.1, -0.05) is 40.5 Å². The summed E-state index contributed by atoms with van der Waals surface area (Å²) in [7, 11) is 6.52. The van der Waals surface area contributed by atoms with E-state index in [4.69, 9.17) is 18.9 Å². The third-order valence-corrected chi connectivity index (χ3v) is 15.6. The summed E-state index contributed by atoms with van der Waals surface area (Å²) in [5, 5.41) is 67.6. The summed E-state index contributed by atoms with van der Waals surface area (Å²) < 4.78 is 23.9. The van der Waals surface area contributed by atoms with Crippen LogP contribution in [0.2, 0.25) is 0 Å². The van der Waals surface area contributed by atoms with Crippen molar-refractivity contribution < 1.29 is 49.6 Å². The molecule has 2 aliphatic heterocycles. The van der Waals surface area contributed by atoms with Crippen molar-refractivity contribution >= 4 is 21.6 Å². The average Bonchev–Trinajstić information content (AvgIpc) is 3.18. The Labute approximate surface area is 305 Å². The summed E-state index contributed by atoms with van der Waals surface area (Å²) in [5.41, 5.74) is 4.57. The maximum Gasteiger partial charge on any atom is 0.207 e. The van der Waals surface area contributed by atoms with Crippen molar-refractivity contribution in [2.75, 3.05) is 34.0 Å². The summed E-state index contributed by atoms with van der Waals surface area (Å²) in [5.74, 6) is 0.247. The highest BCUT2D eigenvalue weighted by Crippen LogP contribution is 2.64. The van der Waals surface area contributed by atoms with Crippen molar-refractivity contribution in [2.45, 2.75) is 85.4 Å². The molecule has 6 bridgehead atoms. The fourth-order valence-corrected chi connectivity index (χ4v) is 13.5. The van der Waals surface area contributed by atoms with Crippen LogP contribution in [0.15, 0.2) is 30.3 Å². The summed E-state index contributed by atoms with van der Waals surface area (Å²) in [6.45, 7) is -0.352. The third-order valence-electron chi connectivity index (χ3n) is 12.1. The first-order valence-electron chi connectivity index (χ1n) is 18.0. The second kappa shape index (κ2) is 14.0. The highest BCUT2D eigenvalue weighted by Gasteiger charge is 2.51. The minimum Gasteiger partial charge on any atom is -0.508 e. The summed E-state index contributed by atoms with van der Waals surface area (Å²) in [6.07, 6.45) is 5.12. The number of phenolic OH excluding ortho intramolecular Hbond substituents is 3. The van der Waals surface area contributed by atoms with E-state index in [1.807, 2.05) is 39.8 Å². The second-order valence-corrected chi connectivity index (χ2v) is 17.4. The van der Waals surface area contributed by atoms with E-state index in [2.05, 4.69) is 0 Å². The van der Waals surface area contributed by atoms with Crippen molar-refractivity contribution in [1.82, 2.24) is 0 Å². The molecule has 3 aromatic carbocycles. The average molecular weight is 739 g/mol. The van der Waals surface area contributed by atoms with E-state index < -0.39 is 18.1 Å². The number of aliphatic hydroxyl groups is 3. The number of benzene rings is 3. The summed E-state index contributed by atoms with van der Waals surface area (Å²) in [4.78, 5) is 0. The van der Waals surface area contributed by atoms with Crippen molar-refractivity contribution in [3.05, 3.63) is 52.6 Å². The first kappa shape index (κ1) is 34.9. The minimum atomic E-state index is -1.15. The Morgan fingerprint density at radius 3 is 2.43 bits per heavy atom. The molecule has 5 aliphatic rings. The van der Waals surface area contributed by atoms with Crippen LogP contribution in [0.3, 0.4) is 0 Å². The van der Waals surface area contributed by atoms with E-state index in [-0.39, 0.29) is 71.2 Å². The van der Waals surface area contributed by atoms with E-state index in [1.54, 1.807) is 6.07 Å². The maximum atomic E-state index is 12.7. The fourth-order valence-electron chi connectivity index (χ4n) is 9.86. The highest BCUT2D eigenvalue weighted by atomic mass is 33.1. The fraction of sp³-hybridized carbons (Fsp3) is 0.538. The molecule has 51 heavy (non-hydrogen) atoms. The SMILES string of the molecule is COc1cc([C@@H]2Oc3cc(OCCO)c4c5c3[C@@H]([C@H]2O)[C@@H]2CC[C@@H](C[C@H](c3cc(O)ccc3-4)[C@@H]5CO)[C@@H]3CCC[C@@H](C3)SS2)c(O)c(OC)c1O. The van der Waals surface area contributed by atoms with Crippen LogP contribution in [0, 0.1) is 11.8 Å². The topological polar surface area (TPSA) is 158 Å². The van der Waals surface area contributed by atoms with Crippen LogP contribution in [-0.2, 0) is 0 Å². The predicted octanol–water partition coefficient (Wildman–Crippen LogP) is 6.73. The molecule has 1 saturated carbocycles. The van der Waals surface area contributed by atoms with E-state index in [0.29, 0.717) is 28.6 Å². The van der Waals surface area contributed by atoms with Gasteiger partial charge in [-0.15, -0.1) is 0 Å². The van der Waals surface area contributed by atoms with Gasteiger partial charge >= 0.3 is 0 Å². The van der Waals surface area contributed by atoms with Gasteiger partial charge in [0.2, 0.25) is 11.5 Å². The second-order valence-electron chi connectivity index (χ2n) is 14.6. The van der Waals surface area contributed by atoms with Crippen LogP contribution in [-0.4, -0.2) is 81.3 Å². The molecule has 6 N–H and O–H groups in total. The standard InChI is InChI=1S/C39H46O10S2/c1-46-29-15-25(35(43)39(47-2)36(29)44)38-37(45)34-30-9-6-19(18-4-3-5-21(12-18)50-51-30)13-23-24-14-20(42)7-8-22(24)31-27(48-11-10-40)16-28(49-38)33(34)32(31)26(23)17-41/h7-8,14-16,18-19,21,23,26,30,34,37-38,40-45H,3-6,9-13,17H2,1-2H3/t18-,19+,21+,23-,26+,30+,34+,37-,38+/m1/s1. The Morgan fingerprint density at radius 1 is 0.843 bits per heavy atom. The zero-order chi connectivity index (χ0) is 35.6. The van der Waals surface area contributed by atoms with Gasteiger partial charge in [0.1, 0.15) is 30.0 Å². The maximum absolute atomic E-state index is 12.7. The number of ether oxygens (including phenoxy) is 4. The number of hydrogen-bond donors (Lipinski definition) is 6. The smallest absolute Gasteiger partial charge is 0.207 e. The molecule has 0 unspecified atom stereocenters. The van der Waals surface area contributed by atoms with Crippen molar-refractivity contribution in [3.8, 4) is 51.4 Å². The molecular formula is C39H46O10S2. The number of fused-ring (bicyclic) bond motifs is 11. The molecule has 0 amide bonds. The number of rotatable bonds is 7. The zero-order valence-electron chi connectivity index (χ0n) is 28.8. The van der Waals surface area contributed by atoms with Crippen LogP contribution in [0.5, 0.6) is 40.2 Å². The van der Waals surface area contributed by atoms with Gasteiger partial charge in [0.15, 0.2) is 17.6 Å². The number of hydrogen-bond acceptors (Lipinski definition) is 12. The van der Waals surface area contributed by atoms with E-state index >= 15 is 0 Å². The molecule has 10 nitrogen and oxygen atoms in total. The van der Waals surface area contributed by atoms with E-state index in [9.17, 15) is 30.6 Å². The first-order chi connectivity index (χ1) is 24.8. The molecular weight excluding hydrogens is 693 g/mol. The molecule has 0 spiro atoms. The predicted molar refractivity (Wildman–Crippen MR) is 196 cm³/mol. The van der Waals surface area contributed by atoms with Gasteiger partial charge in [-0.3, -0.25) is 0 Å². The van der Waals surface area contributed by atoms with Crippen molar-refractivity contribution in [3.63, 3.8) is 0 Å². The quantitative estimate of drug-likeness (QED) is 0.142. The van der Waals surface area contributed by atoms with Gasteiger partial charge in [-0.2, -0.15) is 0 Å². The molecule has 9 atom stereocenters. The third kappa shape index (κ3) is 5.76. The Bertz CT molecular complexity index is 1800. The normalized spacial score (nSPS) is 30.6. The van der Waals surface area contributed by atoms with Crippen LogP contribution in [0.4, 0.5) is 0 Å². The van der Waals surface area contributed by atoms with Crippen molar-refractivity contribution in [2.24, 2.45) is 11.8 Å². The first-order valence-corrected chi connectivity index (χ1v) is 20.3. The van der Waals surface area contributed by atoms with E-state index in [0.717, 1.165) is 59.9 Å². The summed E-state index contributed by atoms with van der Waals surface area (Å²) >= 11 is 0. The van der Waals surface area contributed by atoms with Crippen molar-refractivity contribution in [1.29, 1.82) is 0 Å². The van der Waals surface area contributed by atoms with Gasteiger partial charge < -0.3 is 49.6 Å². The molecule has 0 radical (unpaired) electrons. The van der Waals surface area contributed by atoms with Gasteiger partial charge in [-0.05, 0) is 84.7 Å². The lowest BCUT2D eigenvalue weighted by molar-refractivity contribution is -0.00433. The van der Waals surface area contributed by atoms with Gasteiger partial charge in [0.05, 0.1) is 27.4 Å². The molecule has 2 heterocycles. The lowest BCUT2D eigenvalue weighted by atomic mass is 9.62. The van der Waals surface area contributed by atoms with E-state index in [1.165, 1.54) is 33.1 Å². The van der Waals surface area contributed by atoms with Crippen LogP contribution < -0.4 is 18.9 Å². The largest absolute Gasteiger partial charge is 0.508 e. The molecule has 274 valence electrons. The molecule has 12 heteroatoms. The van der Waals surface area contributed by atoms with Gasteiger partial charge in [0.25, 0.3) is 0 Å². The number of aromatic hydroxyl groups is 3. The van der Waals surface area contributed by atoms with Gasteiger partial charge in [0, 0.05) is 45.1 Å². The Kier molecular flexibility index (Phi) is 9.58. The lowest BCUT2D eigenvalue weighted by Crippen LogP contribution is -2.41. The Balaban J connectivity index is 1.42. The molecule has 1 saturated heterocycles. The lowest BCUT2D eigenvalue weighted by Gasteiger charge is -2.47. The monoisotopic (exact) mass is 738 g/mol.